The van der Waals surface area contributed by atoms with E-state index < -0.39 is 5.97 Å². The Bertz CT molecular complexity index is 640. The first-order chi connectivity index (χ1) is 10.7. The zero-order valence-electron chi connectivity index (χ0n) is 12.5. The van der Waals surface area contributed by atoms with Gasteiger partial charge in [-0.05, 0) is 24.8 Å². The van der Waals surface area contributed by atoms with E-state index in [2.05, 4.69) is 20.3 Å². The van der Waals surface area contributed by atoms with Gasteiger partial charge in [-0.3, -0.25) is 0 Å². The van der Waals surface area contributed by atoms with Gasteiger partial charge in [-0.25, -0.2) is 14.8 Å². The molecule has 2 aromatic rings. The summed E-state index contributed by atoms with van der Waals surface area (Å²) >= 11 is 1.54. The molecule has 0 saturated carbocycles. The summed E-state index contributed by atoms with van der Waals surface area (Å²) in [6, 6.07) is 9.72. The Morgan fingerprint density at radius 2 is 2.14 bits per heavy atom. The number of thioether (sulfide) groups is 1. The molecule has 0 saturated heterocycles. The Hall–Kier alpha value is -2.28. The molecule has 7 heteroatoms. The summed E-state index contributed by atoms with van der Waals surface area (Å²) in [6.45, 7) is 4.09. The van der Waals surface area contributed by atoms with Crippen LogP contribution in [0.25, 0.3) is 0 Å². The zero-order valence-corrected chi connectivity index (χ0v) is 13.3. The number of hydrogen-bond acceptors (Lipinski definition) is 5. The van der Waals surface area contributed by atoms with E-state index in [4.69, 9.17) is 4.74 Å². The molecule has 0 aliphatic rings. The molecule has 6 nitrogen and oxygen atoms in total. The highest BCUT2D eigenvalue weighted by molar-refractivity contribution is 8.14. The van der Waals surface area contributed by atoms with Gasteiger partial charge >= 0.3 is 5.97 Å². The van der Waals surface area contributed by atoms with Crippen LogP contribution in [0.5, 0.6) is 0 Å². The standard InChI is InChI=1S/C15H18N4O2S/c1-3-21-14(20)12-13(17-10-16-12)19-15(22-4-2)18-11-8-6-5-7-9-11/h5-10H,3-4H2,1-2H3,(H,16,17)(H,18,19). The van der Waals surface area contributed by atoms with Gasteiger partial charge < -0.3 is 15.0 Å². The lowest BCUT2D eigenvalue weighted by Gasteiger charge is -2.08. The van der Waals surface area contributed by atoms with E-state index in [9.17, 15) is 4.79 Å². The van der Waals surface area contributed by atoms with Gasteiger partial charge in [0.15, 0.2) is 16.7 Å². The Morgan fingerprint density at radius 3 is 2.82 bits per heavy atom. The number of H-pyrrole nitrogens is 1. The number of esters is 1. The maximum atomic E-state index is 11.8. The van der Waals surface area contributed by atoms with Crippen LogP contribution in [0.3, 0.4) is 0 Å². The van der Waals surface area contributed by atoms with Crippen LogP contribution in [0.4, 0.5) is 11.5 Å². The summed E-state index contributed by atoms with van der Waals surface area (Å²) in [5, 5.41) is 3.90. The lowest BCUT2D eigenvalue weighted by molar-refractivity contribution is 0.0521. The lowest BCUT2D eigenvalue weighted by Crippen LogP contribution is -2.09. The SMILES string of the molecule is CCOC(=O)c1[nH]cnc1/N=C(/Nc1ccccc1)SCC. The molecule has 0 spiro atoms. The molecule has 0 radical (unpaired) electrons. The topological polar surface area (TPSA) is 79.4 Å². The highest BCUT2D eigenvalue weighted by Gasteiger charge is 2.15. The lowest BCUT2D eigenvalue weighted by atomic mass is 10.3. The molecule has 2 rings (SSSR count). The second-order valence-corrected chi connectivity index (χ2v) is 5.42. The van der Waals surface area contributed by atoms with E-state index in [1.165, 1.54) is 18.1 Å². The number of nitrogens with zero attached hydrogens (tertiary/aromatic N) is 2. The van der Waals surface area contributed by atoms with E-state index in [0.717, 1.165) is 11.4 Å². The fourth-order valence-corrected chi connectivity index (χ4v) is 2.31. The van der Waals surface area contributed by atoms with Gasteiger partial charge in [-0.15, -0.1) is 0 Å². The number of aromatic nitrogens is 2. The number of carbonyl (C=O) groups excluding carboxylic acids is 1. The van der Waals surface area contributed by atoms with Gasteiger partial charge in [0.25, 0.3) is 0 Å². The molecular weight excluding hydrogens is 300 g/mol. The minimum Gasteiger partial charge on any atom is -0.461 e. The number of ether oxygens (including phenoxy) is 1. The Morgan fingerprint density at radius 1 is 1.36 bits per heavy atom. The third-order valence-corrected chi connectivity index (χ3v) is 3.37. The smallest absolute Gasteiger partial charge is 0.358 e. The largest absolute Gasteiger partial charge is 0.461 e. The van der Waals surface area contributed by atoms with Crippen molar-refractivity contribution in [1.29, 1.82) is 0 Å². The van der Waals surface area contributed by atoms with Crippen LogP contribution in [0.2, 0.25) is 0 Å². The Labute approximate surface area is 133 Å². The van der Waals surface area contributed by atoms with Gasteiger partial charge in [0.2, 0.25) is 0 Å². The second kappa shape index (κ2) is 8.23. The number of nitrogens with one attached hydrogen (secondary N) is 2. The van der Waals surface area contributed by atoms with Crippen LogP contribution in [0.15, 0.2) is 41.7 Å². The molecule has 0 fully saturated rings. The van der Waals surface area contributed by atoms with Crippen LogP contribution in [-0.4, -0.2) is 33.5 Å². The first-order valence-electron chi connectivity index (χ1n) is 6.98. The molecule has 0 unspecified atom stereocenters. The molecular formula is C15H18N4O2S. The number of para-hydroxylation sites is 1. The summed E-state index contributed by atoms with van der Waals surface area (Å²) in [5.74, 6) is 0.704. The molecule has 1 aromatic carbocycles. The summed E-state index contributed by atoms with van der Waals surface area (Å²) in [4.78, 5) is 23.1. The van der Waals surface area contributed by atoms with Crippen molar-refractivity contribution in [3.63, 3.8) is 0 Å². The van der Waals surface area contributed by atoms with Crippen molar-refractivity contribution in [2.45, 2.75) is 13.8 Å². The fourth-order valence-electron chi connectivity index (χ4n) is 1.70. The molecule has 116 valence electrons. The number of hydrogen-bond donors (Lipinski definition) is 2. The Balaban J connectivity index is 2.23. The molecule has 0 aliphatic heterocycles. The zero-order chi connectivity index (χ0) is 15.8. The average Bonchev–Trinajstić information content (AvgIpc) is 2.97. The first-order valence-corrected chi connectivity index (χ1v) is 7.97. The van der Waals surface area contributed by atoms with Crippen LogP contribution in [0, 0.1) is 0 Å². The van der Waals surface area contributed by atoms with Crippen molar-refractivity contribution in [3.8, 4) is 0 Å². The Kier molecular flexibility index (Phi) is 6.02. The van der Waals surface area contributed by atoms with Crippen molar-refractivity contribution < 1.29 is 9.53 Å². The van der Waals surface area contributed by atoms with Gasteiger partial charge in [0.1, 0.15) is 0 Å². The van der Waals surface area contributed by atoms with Crippen molar-refractivity contribution in [2.24, 2.45) is 4.99 Å². The van der Waals surface area contributed by atoms with Crippen molar-refractivity contribution in [2.75, 3.05) is 17.7 Å². The molecule has 1 heterocycles. The number of aliphatic imine (C=N–C) groups is 1. The van der Waals surface area contributed by atoms with E-state index in [0.29, 0.717) is 17.6 Å². The van der Waals surface area contributed by atoms with Gasteiger partial charge in [0.05, 0.1) is 12.9 Å². The summed E-state index contributed by atoms with van der Waals surface area (Å²) in [5.41, 5.74) is 1.18. The molecule has 1 aromatic heterocycles. The van der Waals surface area contributed by atoms with E-state index >= 15 is 0 Å². The quantitative estimate of drug-likeness (QED) is 0.501. The van der Waals surface area contributed by atoms with Crippen molar-refractivity contribution >= 4 is 34.4 Å². The second-order valence-electron chi connectivity index (χ2n) is 4.16. The van der Waals surface area contributed by atoms with Gasteiger partial charge in [-0.2, -0.15) is 0 Å². The predicted octanol–water partition coefficient (Wildman–Crippen LogP) is 3.44. The molecule has 2 N–H and O–H groups in total. The molecule has 0 aliphatic carbocycles. The summed E-state index contributed by atoms with van der Waals surface area (Å²) in [6.07, 6.45) is 1.43. The number of benzene rings is 1. The summed E-state index contributed by atoms with van der Waals surface area (Å²) < 4.78 is 4.98. The number of aromatic amines is 1. The van der Waals surface area contributed by atoms with Gasteiger partial charge in [-0.1, -0.05) is 36.9 Å². The van der Waals surface area contributed by atoms with E-state index in [1.54, 1.807) is 6.92 Å². The normalized spacial score (nSPS) is 11.3. The molecule has 0 atom stereocenters. The van der Waals surface area contributed by atoms with Crippen molar-refractivity contribution in [3.05, 3.63) is 42.4 Å². The minimum atomic E-state index is -0.459. The number of rotatable bonds is 5. The van der Waals surface area contributed by atoms with Crippen LogP contribution in [-0.2, 0) is 4.74 Å². The minimum absolute atomic E-state index is 0.255. The van der Waals surface area contributed by atoms with Crippen LogP contribution in [0.1, 0.15) is 24.3 Å². The van der Waals surface area contributed by atoms with Crippen molar-refractivity contribution in [1.82, 2.24) is 9.97 Å². The molecule has 22 heavy (non-hydrogen) atoms. The fraction of sp³-hybridized carbons (Fsp3) is 0.267. The number of amidine groups is 1. The molecule has 0 bridgehead atoms. The predicted molar refractivity (Wildman–Crippen MR) is 89.8 cm³/mol. The van der Waals surface area contributed by atoms with E-state index in [-0.39, 0.29) is 5.69 Å². The molecule has 0 amide bonds. The number of carbonyl (C=O) groups is 1. The van der Waals surface area contributed by atoms with Crippen LogP contribution < -0.4 is 5.32 Å². The monoisotopic (exact) mass is 318 g/mol. The van der Waals surface area contributed by atoms with Crippen LogP contribution >= 0.6 is 11.8 Å². The van der Waals surface area contributed by atoms with E-state index in [1.807, 2.05) is 37.3 Å². The summed E-state index contributed by atoms with van der Waals surface area (Å²) in [7, 11) is 0. The maximum Gasteiger partial charge on any atom is 0.358 e. The first kappa shape index (κ1) is 16.1. The third-order valence-electron chi connectivity index (χ3n) is 2.61. The highest BCUT2D eigenvalue weighted by Crippen LogP contribution is 2.19. The maximum absolute atomic E-state index is 11.8. The van der Waals surface area contributed by atoms with Gasteiger partial charge in [0, 0.05) is 5.69 Å². The third kappa shape index (κ3) is 4.36. The average molecular weight is 318 g/mol. The highest BCUT2D eigenvalue weighted by atomic mass is 32.2. The number of anilines is 1. The number of imidazole rings is 1.